The summed E-state index contributed by atoms with van der Waals surface area (Å²) < 4.78 is 29.6. The van der Waals surface area contributed by atoms with Gasteiger partial charge in [-0.1, -0.05) is 48.0 Å². The van der Waals surface area contributed by atoms with E-state index in [9.17, 15) is 8.42 Å². The summed E-state index contributed by atoms with van der Waals surface area (Å²) in [7, 11) is -3.47. The summed E-state index contributed by atoms with van der Waals surface area (Å²) in [6.45, 7) is 4.87. The van der Waals surface area contributed by atoms with E-state index in [-0.39, 0.29) is 0 Å². The monoisotopic (exact) mass is 532 g/mol. The molecule has 5 rings (SSSR count). The highest BCUT2D eigenvalue weighted by Crippen LogP contribution is 2.23. The molecule has 0 unspecified atom stereocenters. The van der Waals surface area contributed by atoms with Crippen LogP contribution < -0.4 is 4.90 Å². The molecule has 0 radical (unpaired) electrons. The third-order valence-electron chi connectivity index (χ3n) is 6.50. The number of anilines is 1. The summed E-state index contributed by atoms with van der Waals surface area (Å²) >= 11 is 6.35. The van der Waals surface area contributed by atoms with Crippen LogP contribution in [0.4, 0.5) is 5.69 Å². The predicted molar refractivity (Wildman–Crippen MR) is 150 cm³/mol. The van der Waals surface area contributed by atoms with Crippen LogP contribution in [0.1, 0.15) is 22.3 Å². The van der Waals surface area contributed by atoms with Gasteiger partial charge in [-0.25, -0.2) is 13.4 Å². The van der Waals surface area contributed by atoms with Gasteiger partial charge >= 0.3 is 0 Å². The normalized spacial score (nSPS) is 14.9. The molecule has 37 heavy (non-hydrogen) atoms. The number of piperazine rings is 1. The first kappa shape index (κ1) is 25.3. The van der Waals surface area contributed by atoms with E-state index in [0.29, 0.717) is 36.1 Å². The lowest BCUT2D eigenvalue weighted by Gasteiger charge is -2.35. The molecule has 2 heterocycles. The van der Waals surface area contributed by atoms with Crippen molar-refractivity contribution in [1.82, 2.24) is 13.9 Å². The summed E-state index contributed by atoms with van der Waals surface area (Å²) in [4.78, 5) is 6.69. The van der Waals surface area contributed by atoms with Gasteiger partial charge in [0.2, 0.25) is 10.0 Å². The maximum atomic E-state index is 13.0. The van der Waals surface area contributed by atoms with Crippen molar-refractivity contribution in [3.05, 3.63) is 113 Å². The zero-order valence-corrected chi connectivity index (χ0v) is 22.2. The number of hydrogen-bond acceptors (Lipinski definition) is 4. The van der Waals surface area contributed by atoms with Crippen LogP contribution in [0.5, 0.6) is 0 Å². The van der Waals surface area contributed by atoms with Crippen LogP contribution in [0, 0.1) is 6.92 Å². The second-order valence-electron chi connectivity index (χ2n) is 9.26. The molecular formula is C29H29ClN4O2S. The van der Waals surface area contributed by atoms with Crippen LogP contribution in [0.2, 0.25) is 5.02 Å². The minimum atomic E-state index is -3.47. The van der Waals surface area contributed by atoms with Crippen LogP contribution in [-0.2, 0) is 16.6 Å². The molecule has 0 saturated carbocycles. The maximum absolute atomic E-state index is 13.0. The fourth-order valence-electron chi connectivity index (χ4n) is 4.55. The molecule has 4 aromatic rings. The van der Waals surface area contributed by atoms with Crippen LogP contribution >= 0.6 is 11.6 Å². The van der Waals surface area contributed by atoms with Gasteiger partial charge < -0.3 is 9.47 Å². The Labute approximate surface area is 223 Å². The van der Waals surface area contributed by atoms with Crippen LogP contribution in [0.25, 0.3) is 12.2 Å². The molecule has 0 aliphatic carbocycles. The summed E-state index contributed by atoms with van der Waals surface area (Å²) in [6.07, 6.45) is 9.63. The number of aryl methyl sites for hydroxylation is 1. The molecule has 0 N–H and O–H groups in total. The standard InChI is InChI=1S/C29H29ClN4O2S/c1-23-3-2-4-29(17-23)37(35,36)34-15-13-33(14-16-34)28-9-7-24(8-10-28)5-6-25-18-26(20-27(30)19-25)21-32-12-11-31-22-32/h2-12,17-20,22H,13-16,21H2,1H3/b6-5+. The SMILES string of the molecule is Cc1cccc(S(=O)(=O)N2CCN(c3ccc(/C=C/c4cc(Cl)cc(Cn5ccnc5)c4)cc3)CC2)c1. The zero-order valence-electron chi connectivity index (χ0n) is 20.7. The summed E-state index contributed by atoms with van der Waals surface area (Å²) in [5.41, 5.74) is 5.27. The summed E-state index contributed by atoms with van der Waals surface area (Å²) in [6, 6.07) is 21.5. The molecule has 3 aromatic carbocycles. The first-order chi connectivity index (χ1) is 17.9. The van der Waals surface area contributed by atoms with Crippen molar-refractivity contribution in [3.63, 3.8) is 0 Å². The van der Waals surface area contributed by atoms with Gasteiger partial charge in [-0.15, -0.1) is 0 Å². The van der Waals surface area contributed by atoms with Crippen LogP contribution in [-0.4, -0.2) is 48.5 Å². The topological polar surface area (TPSA) is 58.4 Å². The average Bonchev–Trinajstić information content (AvgIpc) is 3.41. The van der Waals surface area contributed by atoms with E-state index in [0.717, 1.165) is 34.5 Å². The van der Waals surface area contributed by atoms with Crippen molar-refractivity contribution in [2.75, 3.05) is 31.1 Å². The second kappa shape index (κ2) is 10.9. The van der Waals surface area contributed by atoms with Gasteiger partial charge in [0.05, 0.1) is 11.2 Å². The maximum Gasteiger partial charge on any atom is 0.243 e. The average molecular weight is 533 g/mol. The second-order valence-corrected chi connectivity index (χ2v) is 11.6. The molecule has 0 atom stereocenters. The molecule has 0 bridgehead atoms. The number of nitrogens with zero attached hydrogens (tertiary/aromatic N) is 4. The number of halogens is 1. The highest BCUT2D eigenvalue weighted by molar-refractivity contribution is 7.89. The van der Waals surface area contributed by atoms with Crippen LogP contribution in [0.15, 0.2) is 90.3 Å². The molecule has 1 aromatic heterocycles. The number of imidazole rings is 1. The Balaban J connectivity index is 1.21. The number of benzene rings is 3. The molecule has 8 heteroatoms. The highest BCUT2D eigenvalue weighted by Gasteiger charge is 2.28. The molecule has 1 saturated heterocycles. The number of rotatable bonds is 7. The van der Waals surface area contributed by atoms with Gasteiger partial charge in [0.1, 0.15) is 0 Å². The molecule has 190 valence electrons. The molecule has 0 spiro atoms. The van der Waals surface area contributed by atoms with Gasteiger partial charge in [0.15, 0.2) is 0 Å². The zero-order chi connectivity index (χ0) is 25.8. The van der Waals surface area contributed by atoms with E-state index in [4.69, 9.17) is 11.6 Å². The third-order valence-corrected chi connectivity index (χ3v) is 8.61. The van der Waals surface area contributed by atoms with E-state index in [1.54, 1.807) is 35.0 Å². The molecule has 1 aliphatic rings. The molecule has 1 aliphatic heterocycles. The van der Waals surface area contributed by atoms with Crippen molar-refractivity contribution in [2.24, 2.45) is 0 Å². The van der Waals surface area contributed by atoms with Crippen molar-refractivity contribution < 1.29 is 8.42 Å². The van der Waals surface area contributed by atoms with Gasteiger partial charge in [-0.05, 0) is 71.6 Å². The number of sulfonamides is 1. The Morgan fingerprint density at radius 2 is 1.68 bits per heavy atom. The highest BCUT2D eigenvalue weighted by atomic mass is 35.5. The molecule has 0 amide bonds. The van der Waals surface area contributed by atoms with E-state index in [1.807, 2.05) is 35.9 Å². The first-order valence-electron chi connectivity index (χ1n) is 12.2. The fraction of sp³-hybridized carbons (Fsp3) is 0.207. The first-order valence-corrected chi connectivity index (χ1v) is 14.0. The Bertz CT molecular complexity index is 1490. The van der Waals surface area contributed by atoms with Gasteiger partial charge in [-0.2, -0.15) is 4.31 Å². The minimum absolute atomic E-state index is 0.366. The molecule has 1 fully saturated rings. The lowest BCUT2D eigenvalue weighted by molar-refractivity contribution is 0.385. The Morgan fingerprint density at radius 1 is 0.919 bits per heavy atom. The van der Waals surface area contributed by atoms with Crippen molar-refractivity contribution >= 4 is 39.5 Å². The predicted octanol–water partition coefficient (Wildman–Crippen LogP) is 5.57. The van der Waals surface area contributed by atoms with Crippen molar-refractivity contribution in [1.29, 1.82) is 0 Å². The van der Waals surface area contributed by atoms with Crippen LogP contribution in [0.3, 0.4) is 0 Å². The quantitative estimate of drug-likeness (QED) is 0.292. The van der Waals surface area contributed by atoms with E-state index in [2.05, 4.69) is 52.4 Å². The van der Waals surface area contributed by atoms with E-state index < -0.39 is 10.0 Å². The lowest BCUT2D eigenvalue weighted by atomic mass is 10.1. The lowest BCUT2D eigenvalue weighted by Crippen LogP contribution is -2.48. The Kier molecular flexibility index (Phi) is 7.46. The smallest absolute Gasteiger partial charge is 0.243 e. The van der Waals surface area contributed by atoms with Crippen molar-refractivity contribution in [2.45, 2.75) is 18.4 Å². The molecule has 6 nitrogen and oxygen atoms in total. The third kappa shape index (κ3) is 6.13. The number of hydrogen-bond donors (Lipinski definition) is 0. The van der Waals surface area contributed by atoms with Gasteiger partial charge in [0.25, 0.3) is 0 Å². The number of aromatic nitrogens is 2. The summed E-state index contributed by atoms with van der Waals surface area (Å²) in [5.74, 6) is 0. The van der Waals surface area contributed by atoms with Gasteiger partial charge in [0, 0.05) is 55.8 Å². The minimum Gasteiger partial charge on any atom is -0.369 e. The van der Waals surface area contributed by atoms with Crippen molar-refractivity contribution in [3.8, 4) is 0 Å². The molecular weight excluding hydrogens is 504 g/mol. The Hall–Kier alpha value is -3.39. The Morgan fingerprint density at radius 3 is 2.38 bits per heavy atom. The van der Waals surface area contributed by atoms with Gasteiger partial charge in [-0.3, -0.25) is 0 Å². The summed E-state index contributed by atoms with van der Waals surface area (Å²) in [5, 5.41) is 0.705. The fourth-order valence-corrected chi connectivity index (χ4v) is 6.35. The van der Waals surface area contributed by atoms with E-state index in [1.165, 1.54) is 0 Å². The largest absolute Gasteiger partial charge is 0.369 e. The van der Waals surface area contributed by atoms with E-state index >= 15 is 0 Å².